The highest BCUT2D eigenvalue weighted by Crippen LogP contribution is 2.18. The average Bonchev–Trinajstić information content (AvgIpc) is 2.55. The van der Waals surface area contributed by atoms with Crippen LogP contribution in [0.4, 0.5) is 0 Å². The number of nitrogens with one attached hydrogen (secondary N) is 1. The van der Waals surface area contributed by atoms with Gasteiger partial charge in [0.05, 0.1) is 16.6 Å². The van der Waals surface area contributed by atoms with Crippen molar-refractivity contribution in [3.05, 3.63) is 80.2 Å². The Balaban J connectivity index is 2.03. The predicted octanol–water partition coefficient (Wildman–Crippen LogP) is 4.09. The number of aromatic amines is 1. The van der Waals surface area contributed by atoms with E-state index in [2.05, 4.69) is 9.97 Å². The second kappa shape index (κ2) is 6.42. The zero-order valence-electron chi connectivity index (χ0n) is 13.3. The quantitative estimate of drug-likeness (QED) is 0.444. The van der Waals surface area contributed by atoms with Gasteiger partial charge in [0.25, 0.3) is 5.56 Å². The molecule has 0 amide bonds. The number of carbonyl (C=O) groups is 1. The van der Waals surface area contributed by atoms with Gasteiger partial charge in [0.2, 0.25) is 0 Å². The Labute approximate surface area is 143 Å². The molecule has 0 fully saturated rings. The lowest BCUT2D eigenvalue weighted by atomic mass is 10.0. The maximum Gasteiger partial charge on any atom is 0.260 e. The molecule has 0 spiro atoms. The van der Waals surface area contributed by atoms with Crippen LogP contribution in [0.2, 0.25) is 5.15 Å². The first-order valence-electron chi connectivity index (χ1n) is 7.44. The summed E-state index contributed by atoms with van der Waals surface area (Å²) in [6, 6.07) is 11.0. The molecule has 0 atom stereocenters. The number of H-pyrrole nitrogens is 1. The van der Waals surface area contributed by atoms with E-state index in [9.17, 15) is 9.59 Å². The Morgan fingerprint density at radius 1 is 1.12 bits per heavy atom. The van der Waals surface area contributed by atoms with Crippen molar-refractivity contribution >= 4 is 34.5 Å². The number of fused-ring (bicyclic) bond motifs is 1. The van der Waals surface area contributed by atoms with Gasteiger partial charge in [0.15, 0.2) is 5.78 Å². The largest absolute Gasteiger partial charge is 0.320 e. The van der Waals surface area contributed by atoms with Crippen LogP contribution in [0.5, 0.6) is 0 Å². The summed E-state index contributed by atoms with van der Waals surface area (Å²) in [6.07, 6.45) is 3.09. The smallest absolute Gasteiger partial charge is 0.260 e. The van der Waals surface area contributed by atoms with Crippen LogP contribution in [0.15, 0.2) is 47.3 Å². The molecule has 0 aliphatic heterocycles. The van der Waals surface area contributed by atoms with Crippen molar-refractivity contribution in [3.8, 4) is 0 Å². The normalized spacial score (nSPS) is 11.3. The third kappa shape index (κ3) is 3.14. The molecule has 3 aromatic rings. The molecule has 1 N–H and O–H groups in total. The molecule has 0 aliphatic carbocycles. The highest BCUT2D eigenvalue weighted by Gasteiger charge is 2.15. The zero-order valence-corrected chi connectivity index (χ0v) is 14.0. The van der Waals surface area contributed by atoms with Crippen LogP contribution in [0.3, 0.4) is 0 Å². The first-order chi connectivity index (χ1) is 11.5. The van der Waals surface area contributed by atoms with E-state index in [4.69, 9.17) is 11.6 Å². The number of rotatable bonds is 3. The Morgan fingerprint density at radius 3 is 2.54 bits per heavy atom. The second-order valence-corrected chi connectivity index (χ2v) is 5.98. The van der Waals surface area contributed by atoms with Crippen LogP contribution < -0.4 is 5.56 Å². The second-order valence-electron chi connectivity index (χ2n) is 5.59. The van der Waals surface area contributed by atoms with Crippen molar-refractivity contribution in [2.45, 2.75) is 13.8 Å². The molecule has 0 saturated carbocycles. The van der Waals surface area contributed by atoms with Gasteiger partial charge in [0, 0.05) is 0 Å². The Bertz CT molecular complexity index is 1020. The fourth-order valence-electron chi connectivity index (χ4n) is 2.53. The maximum atomic E-state index is 12.5. The molecule has 24 heavy (non-hydrogen) atoms. The van der Waals surface area contributed by atoms with Crippen molar-refractivity contribution in [1.82, 2.24) is 9.97 Å². The first kappa shape index (κ1) is 16.1. The van der Waals surface area contributed by atoms with Gasteiger partial charge in [-0.05, 0) is 43.2 Å². The first-order valence-corrected chi connectivity index (χ1v) is 7.82. The molecule has 3 rings (SSSR count). The molecule has 1 aromatic carbocycles. The molecule has 2 aromatic heterocycles. The Hall–Kier alpha value is -2.72. The Kier molecular flexibility index (Phi) is 4.32. The minimum Gasteiger partial charge on any atom is -0.320 e. The summed E-state index contributed by atoms with van der Waals surface area (Å²) in [6.45, 7) is 3.70. The highest BCUT2D eigenvalue weighted by molar-refractivity contribution is 6.29. The number of allylic oxidation sites excluding steroid dienone is 1. The summed E-state index contributed by atoms with van der Waals surface area (Å²) < 4.78 is 0. The molecule has 0 unspecified atom stereocenters. The molecule has 2 heterocycles. The van der Waals surface area contributed by atoms with Gasteiger partial charge in [-0.15, -0.1) is 0 Å². The van der Waals surface area contributed by atoms with Gasteiger partial charge in [0.1, 0.15) is 5.15 Å². The van der Waals surface area contributed by atoms with Crippen LogP contribution in [-0.2, 0) is 0 Å². The predicted molar refractivity (Wildman–Crippen MR) is 96.7 cm³/mol. The summed E-state index contributed by atoms with van der Waals surface area (Å²) in [4.78, 5) is 31.6. The molecule has 0 radical (unpaired) electrons. The van der Waals surface area contributed by atoms with E-state index in [1.54, 1.807) is 25.1 Å². The SMILES string of the molecule is Cc1ccc(/C=C/C(=O)c2c(C)c3nc(Cl)ccc3[nH]c2=O)cc1. The van der Waals surface area contributed by atoms with E-state index in [1.807, 2.05) is 31.2 Å². The van der Waals surface area contributed by atoms with Crippen molar-refractivity contribution in [2.75, 3.05) is 0 Å². The molecule has 120 valence electrons. The van der Waals surface area contributed by atoms with Gasteiger partial charge < -0.3 is 4.98 Å². The van der Waals surface area contributed by atoms with Gasteiger partial charge >= 0.3 is 0 Å². The Morgan fingerprint density at radius 2 is 1.83 bits per heavy atom. The van der Waals surface area contributed by atoms with Crippen LogP contribution >= 0.6 is 11.6 Å². The van der Waals surface area contributed by atoms with Crippen LogP contribution in [0.1, 0.15) is 27.0 Å². The number of hydrogen-bond acceptors (Lipinski definition) is 3. The van der Waals surface area contributed by atoms with E-state index < -0.39 is 5.56 Å². The van der Waals surface area contributed by atoms with E-state index in [0.29, 0.717) is 21.7 Å². The summed E-state index contributed by atoms with van der Waals surface area (Å²) >= 11 is 5.91. The lowest BCUT2D eigenvalue weighted by Crippen LogP contribution is -2.19. The number of halogens is 1. The molecule has 0 bridgehead atoms. The lowest BCUT2D eigenvalue weighted by Gasteiger charge is -2.06. The fourth-order valence-corrected chi connectivity index (χ4v) is 2.67. The maximum absolute atomic E-state index is 12.5. The molecular weight excluding hydrogens is 324 g/mol. The van der Waals surface area contributed by atoms with E-state index >= 15 is 0 Å². The number of aromatic nitrogens is 2. The standard InChI is InChI=1S/C19H15ClN2O2/c1-11-3-5-13(6-4-11)7-9-15(23)17-12(2)18-14(21-19(17)24)8-10-16(20)22-18/h3-10H,1-2H3,(H,21,24)/b9-7+. The third-order valence-electron chi connectivity index (χ3n) is 3.82. The van der Waals surface area contributed by atoms with Gasteiger partial charge in [-0.2, -0.15) is 0 Å². The number of benzene rings is 1. The third-order valence-corrected chi connectivity index (χ3v) is 4.03. The molecule has 0 saturated heterocycles. The summed E-state index contributed by atoms with van der Waals surface area (Å²) in [7, 11) is 0. The number of carbonyl (C=O) groups excluding carboxylic acids is 1. The fraction of sp³-hybridized carbons (Fsp3) is 0.105. The summed E-state index contributed by atoms with van der Waals surface area (Å²) in [5.41, 5.74) is 3.29. The molecule has 5 heteroatoms. The average molecular weight is 339 g/mol. The zero-order chi connectivity index (χ0) is 17.3. The summed E-state index contributed by atoms with van der Waals surface area (Å²) in [5.74, 6) is -0.363. The molecule has 4 nitrogen and oxygen atoms in total. The highest BCUT2D eigenvalue weighted by atomic mass is 35.5. The topological polar surface area (TPSA) is 62.8 Å². The minimum atomic E-state index is -0.428. The van der Waals surface area contributed by atoms with Crippen LogP contribution in [0, 0.1) is 13.8 Å². The van der Waals surface area contributed by atoms with E-state index in [0.717, 1.165) is 11.1 Å². The number of ketones is 1. The molecule has 0 aliphatic rings. The van der Waals surface area contributed by atoms with E-state index in [-0.39, 0.29) is 11.3 Å². The lowest BCUT2D eigenvalue weighted by molar-refractivity contribution is 0.104. The number of nitrogens with zero attached hydrogens (tertiary/aromatic N) is 1. The van der Waals surface area contributed by atoms with Gasteiger partial charge in [-0.3, -0.25) is 9.59 Å². The van der Waals surface area contributed by atoms with Crippen molar-refractivity contribution < 1.29 is 4.79 Å². The number of hydrogen-bond donors (Lipinski definition) is 1. The van der Waals surface area contributed by atoms with Crippen molar-refractivity contribution in [1.29, 1.82) is 0 Å². The van der Waals surface area contributed by atoms with Crippen molar-refractivity contribution in [2.24, 2.45) is 0 Å². The van der Waals surface area contributed by atoms with Gasteiger partial charge in [-0.1, -0.05) is 47.5 Å². The monoisotopic (exact) mass is 338 g/mol. The molecular formula is C19H15ClN2O2. The van der Waals surface area contributed by atoms with E-state index in [1.165, 1.54) is 6.08 Å². The minimum absolute atomic E-state index is 0.0839. The number of pyridine rings is 2. The van der Waals surface area contributed by atoms with Gasteiger partial charge in [-0.25, -0.2) is 4.98 Å². The summed E-state index contributed by atoms with van der Waals surface area (Å²) in [5, 5.41) is 0.311. The van der Waals surface area contributed by atoms with Crippen molar-refractivity contribution in [3.63, 3.8) is 0 Å². The number of aryl methyl sites for hydroxylation is 2. The van der Waals surface area contributed by atoms with Crippen LogP contribution in [-0.4, -0.2) is 15.8 Å². The van der Waals surface area contributed by atoms with Crippen LogP contribution in [0.25, 0.3) is 17.1 Å².